The second kappa shape index (κ2) is 65.6. The minimum Gasteiger partial charge on any atom is -0.466 e. The minimum atomic E-state index is -0.853. The Bertz CT molecular complexity index is 1230. The van der Waals surface area contributed by atoms with Gasteiger partial charge in [0, 0.05) is 12.8 Å². The van der Waals surface area contributed by atoms with E-state index in [-0.39, 0.29) is 18.5 Å². The molecular formula is C70H133NO5. The van der Waals surface area contributed by atoms with Gasteiger partial charge in [0.2, 0.25) is 5.91 Å². The van der Waals surface area contributed by atoms with E-state index in [4.69, 9.17) is 4.74 Å². The van der Waals surface area contributed by atoms with Gasteiger partial charge in [0.15, 0.2) is 0 Å². The molecule has 0 saturated carbocycles. The maximum atomic E-state index is 12.5. The van der Waals surface area contributed by atoms with Gasteiger partial charge in [0.05, 0.1) is 25.4 Å². The lowest BCUT2D eigenvalue weighted by Gasteiger charge is -2.20. The Balaban J connectivity index is 3.46. The van der Waals surface area contributed by atoms with E-state index in [0.29, 0.717) is 19.4 Å². The van der Waals surface area contributed by atoms with Crippen molar-refractivity contribution in [2.45, 2.75) is 386 Å². The summed E-state index contributed by atoms with van der Waals surface area (Å²) in [6, 6.07) is -0.637. The topological polar surface area (TPSA) is 95.9 Å². The fourth-order valence-electron chi connectivity index (χ4n) is 10.6. The molecule has 3 N–H and O–H groups in total. The molecule has 0 spiro atoms. The van der Waals surface area contributed by atoms with E-state index < -0.39 is 12.1 Å². The molecule has 0 aliphatic carbocycles. The summed E-state index contributed by atoms with van der Waals surface area (Å²) in [5.74, 6) is -0.0779. The van der Waals surface area contributed by atoms with Crippen LogP contribution in [0.15, 0.2) is 36.5 Å². The highest BCUT2D eigenvalue weighted by Gasteiger charge is 2.18. The maximum Gasteiger partial charge on any atom is 0.305 e. The number of aliphatic hydroxyl groups excluding tert-OH is 2. The van der Waals surface area contributed by atoms with Crippen molar-refractivity contribution >= 4 is 11.9 Å². The second-order valence-electron chi connectivity index (χ2n) is 23.5. The SMILES string of the molecule is CCCCCCCCC/C=C\CCCCCCCC(=O)OCCCCCCCCCC/C=C\CCCCCCCCCC(=O)NC(CO)C(O)/C=C/CCCCCCCCCCCCCCCCCCCCCCCC. The number of nitrogens with one attached hydrogen (secondary N) is 1. The van der Waals surface area contributed by atoms with Gasteiger partial charge in [-0.15, -0.1) is 0 Å². The van der Waals surface area contributed by atoms with Crippen LogP contribution in [0.2, 0.25) is 0 Å². The van der Waals surface area contributed by atoms with Crippen LogP contribution in [-0.2, 0) is 14.3 Å². The number of carbonyl (C=O) groups excluding carboxylic acids is 2. The summed E-state index contributed by atoms with van der Waals surface area (Å²) >= 11 is 0. The number of hydrogen-bond acceptors (Lipinski definition) is 5. The van der Waals surface area contributed by atoms with Crippen molar-refractivity contribution in [2.75, 3.05) is 13.2 Å². The summed E-state index contributed by atoms with van der Waals surface area (Å²) < 4.78 is 5.48. The number of hydrogen-bond donors (Lipinski definition) is 3. The van der Waals surface area contributed by atoms with Gasteiger partial charge >= 0.3 is 5.97 Å². The molecule has 0 aromatic carbocycles. The number of ether oxygens (including phenoxy) is 1. The van der Waals surface area contributed by atoms with Crippen LogP contribution in [-0.4, -0.2) is 47.4 Å². The Labute approximate surface area is 474 Å². The molecule has 0 aliphatic heterocycles. The quantitative estimate of drug-likeness (QED) is 0.0320. The molecule has 448 valence electrons. The van der Waals surface area contributed by atoms with E-state index >= 15 is 0 Å². The zero-order chi connectivity index (χ0) is 55.0. The highest BCUT2D eigenvalue weighted by molar-refractivity contribution is 5.76. The number of carbonyl (C=O) groups is 2. The first-order chi connectivity index (χ1) is 37.5. The summed E-state index contributed by atoms with van der Waals surface area (Å²) in [6.45, 7) is 4.91. The molecular weight excluding hydrogens is 935 g/mol. The number of esters is 1. The van der Waals surface area contributed by atoms with E-state index in [0.717, 1.165) is 51.4 Å². The molecule has 6 heteroatoms. The zero-order valence-electron chi connectivity index (χ0n) is 51.3. The number of rotatable bonds is 64. The van der Waals surface area contributed by atoms with Crippen molar-refractivity contribution in [3.8, 4) is 0 Å². The molecule has 0 bridgehead atoms. The van der Waals surface area contributed by atoms with Crippen molar-refractivity contribution in [2.24, 2.45) is 0 Å². The van der Waals surface area contributed by atoms with Crippen LogP contribution in [0, 0.1) is 0 Å². The normalized spacial score (nSPS) is 12.7. The van der Waals surface area contributed by atoms with Crippen molar-refractivity contribution in [1.29, 1.82) is 0 Å². The highest BCUT2D eigenvalue weighted by atomic mass is 16.5. The number of allylic oxidation sites excluding steroid dienone is 5. The van der Waals surface area contributed by atoms with Gasteiger partial charge in [-0.1, -0.05) is 314 Å². The molecule has 0 fully saturated rings. The van der Waals surface area contributed by atoms with Gasteiger partial charge in [-0.2, -0.15) is 0 Å². The largest absolute Gasteiger partial charge is 0.466 e. The lowest BCUT2D eigenvalue weighted by molar-refractivity contribution is -0.143. The van der Waals surface area contributed by atoms with E-state index in [1.165, 1.54) is 295 Å². The minimum absolute atomic E-state index is 0.00360. The number of unbranched alkanes of at least 4 members (excludes halogenated alkanes) is 49. The fourth-order valence-corrected chi connectivity index (χ4v) is 10.6. The average molecular weight is 1070 g/mol. The molecule has 0 aromatic rings. The summed E-state index contributed by atoms with van der Waals surface area (Å²) in [5, 5.41) is 23.3. The molecule has 0 saturated heterocycles. The van der Waals surface area contributed by atoms with E-state index in [1.807, 2.05) is 6.08 Å². The second-order valence-corrected chi connectivity index (χ2v) is 23.5. The van der Waals surface area contributed by atoms with Crippen LogP contribution in [0.4, 0.5) is 0 Å². The predicted octanol–water partition coefficient (Wildman–Crippen LogP) is 21.9. The molecule has 0 heterocycles. The zero-order valence-corrected chi connectivity index (χ0v) is 51.3. The first-order valence-corrected chi connectivity index (χ1v) is 34.3. The van der Waals surface area contributed by atoms with Gasteiger partial charge in [-0.05, 0) is 83.5 Å². The van der Waals surface area contributed by atoms with Crippen LogP contribution >= 0.6 is 0 Å². The molecule has 2 atom stereocenters. The third-order valence-corrected chi connectivity index (χ3v) is 15.9. The van der Waals surface area contributed by atoms with Crippen molar-refractivity contribution in [1.82, 2.24) is 5.32 Å². The Morgan fingerprint density at radius 3 is 0.934 bits per heavy atom. The Morgan fingerprint density at radius 2 is 0.618 bits per heavy atom. The van der Waals surface area contributed by atoms with Crippen LogP contribution in [0.1, 0.15) is 373 Å². The monoisotopic (exact) mass is 1070 g/mol. The predicted molar refractivity (Wildman–Crippen MR) is 333 cm³/mol. The molecule has 76 heavy (non-hydrogen) atoms. The van der Waals surface area contributed by atoms with Gasteiger partial charge in [0.1, 0.15) is 0 Å². The smallest absolute Gasteiger partial charge is 0.305 e. The van der Waals surface area contributed by atoms with E-state index in [2.05, 4.69) is 43.5 Å². The lowest BCUT2D eigenvalue weighted by atomic mass is 10.0. The van der Waals surface area contributed by atoms with Gasteiger partial charge < -0.3 is 20.3 Å². The summed E-state index contributed by atoms with van der Waals surface area (Å²) in [7, 11) is 0. The Hall–Kier alpha value is -1.92. The fraction of sp³-hybridized carbons (Fsp3) is 0.886. The van der Waals surface area contributed by atoms with Crippen LogP contribution in [0.25, 0.3) is 0 Å². The summed E-state index contributed by atoms with van der Waals surface area (Å²) in [5.41, 5.74) is 0. The molecule has 0 rings (SSSR count). The third kappa shape index (κ3) is 61.3. The average Bonchev–Trinajstić information content (AvgIpc) is 3.42. The lowest BCUT2D eigenvalue weighted by Crippen LogP contribution is -2.45. The van der Waals surface area contributed by atoms with E-state index in [1.54, 1.807) is 6.08 Å². The van der Waals surface area contributed by atoms with Gasteiger partial charge in [-0.25, -0.2) is 0 Å². The highest BCUT2D eigenvalue weighted by Crippen LogP contribution is 2.18. The first-order valence-electron chi connectivity index (χ1n) is 34.3. The summed E-state index contributed by atoms with van der Waals surface area (Å²) in [6.07, 6.45) is 83.5. The number of amides is 1. The molecule has 0 aromatic heterocycles. The van der Waals surface area contributed by atoms with Gasteiger partial charge in [-0.3, -0.25) is 9.59 Å². The van der Waals surface area contributed by atoms with Crippen LogP contribution in [0.3, 0.4) is 0 Å². The molecule has 1 amide bonds. The Morgan fingerprint density at radius 1 is 0.355 bits per heavy atom. The standard InChI is InChI=1S/C70H133NO5/c1-3-5-7-9-11-13-15-17-19-21-22-23-24-25-26-28-31-34-38-42-46-50-54-58-62-68(73)67(66-72)71-69(74)63-59-55-51-47-43-39-35-32-29-27-30-33-37-41-45-49-53-57-61-65-76-70(75)64-60-56-52-48-44-40-36-20-18-16-14-12-10-8-6-4-2/h20,27,29,36,58,62,67-68,72-73H,3-19,21-26,28,30-35,37-57,59-61,63-66H2,1-2H3,(H,71,74)/b29-27-,36-20-,62-58+. The molecule has 0 radical (unpaired) electrons. The van der Waals surface area contributed by atoms with Crippen LogP contribution < -0.4 is 5.32 Å². The Kier molecular flexibility index (Phi) is 63.9. The third-order valence-electron chi connectivity index (χ3n) is 15.9. The van der Waals surface area contributed by atoms with E-state index in [9.17, 15) is 19.8 Å². The van der Waals surface area contributed by atoms with Crippen molar-refractivity contribution < 1.29 is 24.5 Å². The van der Waals surface area contributed by atoms with Gasteiger partial charge in [0.25, 0.3) is 0 Å². The van der Waals surface area contributed by atoms with Crippen molar-refractivity contribution in [3.05, 3.63) is 36.5 Å². The van der Waals surface area contributed by atoms with Crippen molar-refractivity contribution in [3.63, 3.8) is 0 Å². The molecule has 6 nitrogen and oxygen atoms in total. The summed E-state index contributed by atoms with van der Waals surface area (Å²) in [4.78, 5) is 24.6. The van der Waals surface area contributed by atoms with Crippen LogP contribution in [0.5, 0.6) is 0 Å². The maximum absolute atomic E-state index is 12.5. The first kappa shape index (κ1) is 74.1. The number of aliphatic hydroxyl groups is 2. The molecule has 0 aliphatic rings. The molecule has 2 unspecified atom stereocenters.